The first-order valence-corrected chi connectivity index (χ1v) is 6.24. The molecule has 7 heteroatoms. The first-order valence-electron chi connectivity index (χ1n) is 6.24. The molecule has 1 rings (SSSR count). The standard InChI is InChI=1S/C14H15F3N2O2/c1-2-3-7-12(20)19-11-6-4-5-10(8-11)9-18-13(21)14(15,16)17/h3-8H,2,9H2,1H3,(H,18,21)(H,19,20)/b7-3+. The smallest absolute Gasteiger partial charge is 0.344 e. The van der Waals surface area contributed by atoms with Gasteiger partial charge in [-0.05, 0) is 30.2 Å². The molecule has 0 aliphatic heterocycles. The zero-order valence-electron chi connectivity index (χ0n) is 11.3. The summed E-state index contributed by atoms with van der Waals surface area (Å²) in [6.45, 7) is 1.61. The SMILES string of the molecule is CC/C=C/C(=O)Nc1cccc(CNC(=O)C(F)(F)F)c1. The molecule has 2 N–H and O–H groups in total. The lowest BCUT2D eigenvalue weighted by Crippen LogP contribution is -2.36. The number of nitrogens with one attached hydrogen (secondary N) is 2. The molecule has 0 spiro atoms. The lowest BCUT2D eigenvalue weighted by Gasteiger charge is -2.09. The zero-order chi connectivity index (χ0) is 15.9. The van der Waals surface area contributed by atoms with Crippen molar-refractivity contribution in [2.75, 3.05) is 5.32 Å². The molecule has 0 atom stereocenters. The molecule has 0 aliphatic carbocycles. The number of allylic oxidation sites excluding steroid dienone is 1. The maximum absolute atomic E-state index is 12.0. The van der Waals surface area contributed by atoms with Crippen molar-refractivity contribution in [1.82, 2.24) is 5.32 Å². The van der Waals surface area contributed by atoms with E-state index in [1.165, 1.54) is 12.1 Å². The van der Waals surface area contributed by atoms with Gasteiger partial charge in [0.1, 0.15) is 0 Å². The van der Waals surface area contributed by atoms with Crippen LogP contribution in [0.25, 0.3) is 0 Å². The van der Waals surface area contributed by atoms with Crippen molar-refractivity contribution >= 4 is 17.5 Å². The molecule has 0 heterocycles. The second-order valence-electron chi connectivity index (χ2n) is 4.18. The minimum absolute atomic E-state index is 0.271. The summed E-state index contributed by atoms with van der Waals surface area (Å²) in [6, 6.07) is 6.23. The molecule has 0 radical (unpaired) electrons. The Bertz CT molecular complexity index is 539. The van der Waals surface area contributed by atoms with Crippen molar-refractivity contribution in [3.8, 4) is 0 Å². The number of hydrogen-bond acceptors (Lipinski definition) is 2. The number of alkyl halides is 3. The van der Waals surface area contributed by atoms with Gasteiger partial charge in [-0.2, -0.15) is 13.2 Å². The number of halogens is 3. The third-order valence-electron chi connectivity index (χ3n) is 2.41. The van der Waals surface area contributed by atoms with Gasteiger partial charge in [-0.15, -0.1) is 0 Å². The monoisotopic (exact) mass is 300 g/mol. The second kappa shape index (κ2) is 7.47. The van der Waals surface area contributed by atoms with Crippen LogP contribution >= 0.6 is 0 Å². The number of anilines is 1. The van der Waals surface area contributed by atoms with E-state index < -0.39 is 12.1 Å². The van der Waals surface area contributed by atoms with Crippen LogP contribution in [0.2, 0.25) is 0 Å². The molecule has 0 fully saturated rings. The average molecular weight is 300 g/mol. The molecule has 0 aromatic heterocycles. The molecule has 0 aliphatic rings. The third kappa shape index (κ3) is 6.11. The van der Waals surface area contributed by atoms with E-state index in [2.05, 4.69) is 5.32 Å². The van der Waals surface area contributed by atoms with E-state index in [9.17, 15) is 22.8 Å². The van der Waals surface area contributed by atoms with Gasteiger partial charge in [-0.25, -0.2) is 0 Å². The number of amides is 2. The Morgan fingerprint density at radius 2 is 2.00 bits per heavy atom. The highest BCUT2D eigenvalue weighted by molar-refractivity contribution is 5.99. The summed E-state index contributed by atoms with van der Waals surface area (Å²) in [5, 5.41) is 4.34. The lowest BCUT2D eigenvalue weighted by atomic mass is 10.2. The summed E-state index contributed by atoms with van der Waals surface area (Å²) >= 11 is 0. The van der Waals surface area contributed by atoms with Crippen LogP contribution in [0.3, 0.4) is 0 Å². The van der Waals surface area contributed by atoms with Gasteiger partial charge in [0.2, 0.25) is 5.91 Å². The summed E-state index contributed by atoms with van der Waals surface area (Å²) in [5.74, 6) is -2.32. The molecule has 114 valence electrons. The molecule has 1 aromatic rings. The first kappa shape index (κ1) is 16.7. The van der Waals surface area contributed by atoms with Crippen LogP contribution in [-0.2, 0) is 16.1 Å². The highest BCUT2D eigenvalue weighted by atomic mass is 19.4. The molecule has 0 saturated heterocycles. The van der Waals surface area contributed by atoms with Crippen molar-refractivity contribution in [2.24, 2.45) is 0 Å². The van der Waals surface area contributed by atoms with Crippen LogP contribution in [0, 0.1) is 0 Å². The van der Waals surface area contributed by atoms with Gasteiger partial charge in [-0.3, -0.25) is 9.59 Å². The van der Waals surface area contributed by atoms with Crippen LogP contribution < -0.4 is 10.6 Å². The molecule has 4 nitrogen and oxygen atoms in total. The van der Waals surface area contributed by atoms with Gasteiger partial charge in [-0.1, -0.05) is 25.1 Å². The van der Waals surface area contributed by atoms with Crippen LogP contribution in [0.5, 0.6) is 0 Å². The van der Waals surface area contributed by atoms with Crippen molar-refractivity contribution in [1.29, 1.82) is 0 Å². The van der Waals surface area contributed by atoms with Gasteiger partial charge < -0.3 is 10.6 Å². The molecule has 0 bridgehead atoms. The summed E-state index contributed by atoms with van der Waals surface area (Å²) in [7, 11) is 0. The van der Waals surface area contributed by atoms with E-state index in [-0.39, 0.29) is 12.5 Å². The summed E-state index contributed by atoms with van der Waals surface area (Å²) in [6.07, 6.45) is -1.13. The van der Waals surface area contributed by atoms with E-state index in [0.717, 1.165) is 6.42 Å². The number of carbonyl (C=O) groups is 2. The molecular formula is C14H15F3N2O2. The number of benzene rings is 1. The number of rotatable bonds is 5. The predicted octanol–water partition coefficient (Wildman–Crippen LogP) is 2.77. The largest absolute Gasteiger partial charge is 0.471 e. The van der Waals surface area contributed by atoms with E-state index in [1.807, 2.05) is 6.92 Å². The van der Waals surface area contributed by atoms with E-state index in [0.29, 0.717) is 11.3 Å². The summed E-state index contributed by atoms with van der Waals surface area (Å²) < 4.78 is 36.1. The summed E-state index contributed by atoms with van der Waals surface area (Å²) in [4.78, 5) is 22.2. The van der Waals surface area contributed by atoms with Gasteiger partial charge in [0.25, 0.3) is 0 Å². The Labute approximate surface area is 120 Å². The Morgan fingerprint density at radius 3 is 2.62 bits per heavy atom. The fourth-order valence-corrected chi connectivity index (χ4v) is 1.45. The molecule has 1 aromatic carbocycles. The van der Waals surface area contributed by atoms with E-state index in [1.54, 1.807) is 29.6 Å². The Kier molecular flexibility index (Phi) is 5.95. The summed E-state index contributed by atoms with van der Waals surface area (Å²) in [5.41, 5.74) is 0.893. The van der Waals surface area contributed by atoms with Gasteiger partial charge in [0.05, 0.1) is 0 Å². The van der Waals surface area contributed by atoms with Gasteiger partial charge in [0.15, 0.2) is 0 Å². The van der Waals surface area contributed by atoms with Crippen LogP contribution in [0.15, 0.2) is 36.4 Å². The van der Waals surface area contributed by atoms with Crippen LogP contribution in [0.4, 0.5) is 18.9 Å². The topological polar surface area (TPSA) is 58.2 Å². The van der Waals surface area contributed by atoms with E-state index >= 15 is 0 Å². The van der Waals surface area contributed by atoms with E-state index in [4.69, 9.17) is 0 Å². The predicted molar refractivity (Wildman–Crippen MR) is 72.4 cm³/mol. The third-order valence-corrected chi connectivity index (χ3v) is 2.41. The lowest BCUT2D eigenvalue weighted by molar-refractivity contribution is -0.173. The quantitative estimate of drug-likeness (QED) is 0.822. The second-order valence-corrected chi connectivity index (χ2v) is 4.18. The van der Waals surface area contributed by atoms with Crippen molar-refractivity contribution < 1.29 is 22.8 Å². The van der Waals surface area contributed by atoms with Gasteiger partial charge >= 0.3 is 12.1 Å². The molecule has 0 saturated carbocycles. The molecular weight excluding hydrogens is 285 g/mol. The Hall–Kier alpha value is -2.31. The maximum atomic E-state index is 12.0. The zero-order valence-corrected chi connectivity index (χ0v) is 11.3. The number of carbonyl (C=O) groups excluding carboxylic acids is 2. The molecule has 2 amide bonds. The normalized spacial score (nSPS) is 11.4. The highest BCUT2D eigenvalue weighted by Crippen LogP contribution is 2.15. The molecule has 21 heavy (non-hydrogen) atoms. The van der Waals surface area contributed by atoms with Crippen LogP contribution in [0.1, 0.15) is 18.9 Å². The maximum Gasteiger partial charge on any atom is 0.471 e. The fraction of sp³-hybridized carbons (Fsp3) is 0.286. The van der Waals surface area contributed by atoms with Crippen LogP contribution in [-0.4, -0.2) is 18.0 Å². The highest BCUT2D eigenvalue weighted by Gasteiger charge is 2.38. The fourth-order valence-electron chi connectivity index (χ4n) is 1.45. The Morgan fingerprint density at radius 1 is 1.29 bits per heavy atom. The first-order chi connectivity index (χ1) is 9.82. The van der Waals surface area contributed by atoms with Crippen molar-refractivity contribution in [3.05, 3.63) is 42.0 Å². The van der Waals surface area contributed by atoms with Crippen molar-refractivity contribution in [3.63, 3.8) is 0 Å². The minimum atomic E-state index is -4.91. The van der Waals surface area contributed by atoms with Crippen molar-refractivity contribution in [2.45, 2.75) is 26.1 Å². The molecule has 0 unspecified atom stereocenters. The minimum Gasteiger partial charge on any atom is -0.344 e. The van der Waals surface area contributed by atoms with Gasteiger partial charge in [0, 0.05) is 12.2 Å². The number of hydrogen-bond donors (Lipinski definition) is 2. The average Bonchev–Trinajstić information content (AvgIpc) is 2.42. The Balaban J connectivity index is 2.62.